The number of likely N-dealkylation sites (N-methyl/N-ethyl adjacent to an activating group) is 1. The van der Waals surface area contributed by atoms with Gasteiger partial charge in [0, 0.05) is 14.5 Å². The Morgan fingerprint density at radius 3 is 2.71 bits per heavy atom. The van der Waals surface area contributed by atoms with E-state index < -0.39 is 0 Å². The van der Waals surface area contributed by atoms with Crippen molar-refractivity contribution in [3.05, 3.63) is 0 Å². The molecule has 0 saturated carbocycles. The SMILES string of the molecule is C[C@@H](C=O)NCC(=O)NCCN(C)C.[HH]. The molecule has 0 aromatic rings. The molecular formula is C9H21N3O2. The van der Waals surface area contributed by atoms with Gasteiger partial charge in [0.1, 0.15) is 6.29 Å². The third-order valence-corrected chi connectivity index (χ3v) is 1.67. The van der Waals surface area contributed by atoms with Crippen LogP contribution in [0.1, 0.15) is 8.35 Å². The van der Waals surface area contributed by atoms with Gasteiger partial charge in [-0.3, -0.25) is 10.1 Å². The molecule has 84 valence electrons. The van der Waals surface area contributed by atoms with Crippen LogP contribution in [-0.2, 0) is 9.59 Å². The van der Waals surface area contributed by atoms with E-state index in [0.29, 0.717) is 6.54 Å². The molecular weight excluding hydrogens is 182 g/mol. The van der Waals surface area contributed by atoms with Crippen molar-refractivity contribution >= 4 is 12.2 Å². The summed E-state index contributed by atoms with van der Waals surface area (Å²) in [5, 5.41) is 5.51. The molecule has 0 aromatic heterocycles. The fraction of sp³-hybridized carbons (Fsp3) is 0.778. The summed E-state index contributed by atoms with van der Waals surface area (Å²) in [7, 11) is 3.89. The van der Waals surface area contributed by atoms with E-state index in [4.69, 9.17) is 0 Å². The quantitative estimate of drug-likeness (QED) is 0.526. The molecule has 5 heteroatoms. The molecule has 1 atom stereocenters. The zero-order chi connectivity index (χ0) is 11.0. The summed E-state index contributed by atoms with van der Waals surface area (Å²) >= 11 is 0. The first-order valence-corrected chi connectivity index (χ1v) is 4.66. The highest BCUT2D eigenvalue weighted by atomic mass is 16.2. The Kier molecular flexibility index (Phi) is 6.96. The van der Waals surface area contributed by atoms with Gasteiger partial charge in [0.15, 0.2) is 0 Å². The molecule has 1 amide bonds. The van der Waals surface area contributed by atoms with E-state index in [2.05, 4.69) is 10.6 Å². The number of hydrogen-bond acceptors (Lipinski definition) is 4. The Labute approximate surface area is 86.3 Å². The molecule has 14 heavy (non-hydrogen) atoms. The van der Waals surface area contributed by atoms with E-state index >= 15 is 0 Å². The van der Waals surface area contributed by atoms with E-state index in [-0.39, 0.29) is 19.9 Å². The summed E-state index contributed by atoms with van der Waals surface area (Å²) in [6.07, 6.45) is 0.771. The third kappa shape index (κ3) is 7.70. The average Bonchev–Trinajstić information content (AvgIpc) is 2.13. The highest BCUT2D eigenvalue weighted by Crippen LogP contribution is 1.74. The van der Waals surface area contributed by atoms with Gasteiger partial charge in [0.05, 0.1) is 12.6 Å². The largest absolute Gasteiger partial charge is 0.354 e. The number of amides is 1. The minimum absolute atomic E-state index is 0. The molecule has 0 aromatic carbocycles. The van der Waals surface area contributed by atoms with Crippen LogP contribution in [-0.4, -0.2) is 56.9 Å². The minimum Gasteiger partial charge on any atom is -0.354 e. The molecule has 0 rings (SSSR count). The van der Waals surface area contributed by atoms with Crippen molar-refractivity contribution in [2.75, 3.05) is 33.7 Å². The third-order valence-electron chi connectivity index (χ3n) is 1.67. The molecule has 5 nitrogen and oxygen atoms in total. The first kappa shape index (κ1) is 13.1. The number of carbonyl (C=O) groups excluding carboxylic acids is 2. The Morgan fingerprint density at radius 1 is 1.57 bits per heavy atom. The van der Waals surface area contributed by atoms with E-state index in [1.165, 1.54) is 0 Å². The van der Waals surface area contributed by atoms with Crippen molar-refractivity contribution in [3.63, 3.8) is 0 Å². The van der Waals surface area contributed by atoms with Crippen LogP contribution >= 0.6 is 0 Å². The molecule has 0 fully saturated rings. The fourth-order valence-electron chi connectivity index (χ4n) is 0.783. The summed E-state index contributed by atoms with van der Waals surface area (Å²) in [6.45, 7) is 3.34. The van der Waals surface area contributed by atoms with Crippen molar-refractivity contribution in [2.45, 2.75) is 13.0 Å². The van der Waals surface area contributed by atoms with E-state index in [1.54, 1.807) is 6.92 Å². The summed E-state index contributed by atoms with van der Waals surface area (Å²) in [4.78, 5) is 23.3. The van der Waals surface area contributed by atoms with Crippen LogP contribution in [0.2, 0.25) is 0 Å². The van der Waals surface area contributed by atoms with E-state index in [0.717, 1.165) is 12.8 Å². The van der Waals surface area contributed by atoms with Gasteiger partial charge in [0.25, 0.3) is 0 Å². The lowest BCUT2D eigenvalue weighted by molar-refractivity contribution is -0.120. The smallest absolute Gasteiger partial charge is 0.234 e. The monoisotopic (exact) mass is 203 g/mol. The maximum absolute atomic E-state index is 11.1. The first-order chi connectivity index (χ1) is 6.56. The van der Waals surface area contributed by atoms with Crippen LogP contribution in [0.25, 0.3) is 0 Å². The number of nitrogens with zero attached hydrogens (tertiary/aromatic N) is 1. The Morgan fingerprint density at radius 2 is 2.21 bits per heavy atom. The first-order valence-electron chi connectivity index (χ1n) is 4.66. The van der Waals surface area contributed by atoms with Crippen molar-refractivity contribution in [3.8, 4) is 0 Å². The second kappa shape index (κ2) is 7.46. The molecule has 0 aliphatic rings. The van der Waals surface area contributed by atoms with Gasteiger partial charge in [0.2, 0.25) is 5.91 Å². The highest BCUT2D eigenvalue weighted by molar-refractivity contribution is 5.78. The van der Waals surface area contributed by atoms with E-state index in [1.807, 2.05) is 19.0 Å². The lowest BCUT2D eigenvalue weighted by Crippen LogP contribution is -2.40. The van der Waals surface area contributed by atoms with Crippen LogP contribution in [0.15, 0.2) is 0 Å². The van der Waals surface area contributed by atoms with Crippen molar-refractivity contribution in [1.29, 1.82) is 0 Å². The lowest BCUT2D eigenvalue weighted by atomic mass is 10.4. The maximum atomic E-state index is 11.1. The normalized spacial score (nSPS) is 12.6. The molecule has 0 heterocycles. The van der Waals surface area contributed by atoms with Crippen LogP contribution in [0, 0.1) is 0 Å². The summed E-state index contributed by atoms with van der Waals surface area (Å²) in [5.41, 5.74) is 0. The molecule has 0 aliphatic heterocycles. The van der Waals surface area contributed by atoms with Crippen LogP contribution < -0.4 is 10.6 Å². The average molecular weight is 203 g/mol. The van der Waals surface area contributed by atoms with Crippen LogP contribution in [0.5, 0.6) is 0 Å². The highest BCUT2D eigenvalue weighted by Gasteiger charge is 2.03. The number of aldehydes is 1. The van der Waals surface area contributed by atoms with Gasteiger partial charge >= 0.3 is 0 Å². The predicted octanol–water partition coefficient (Wildman–Crippen LogP) is -0.913. The summed E-state index contributed by atoms with van der Waals surface area (Å²) in [5.74, 6) is -0.0828. The van der Waals surface area contributed by atoms with Gasteiger partial charge in [-0.1, -0.05) is 0 Å². The van der Waals surface area contributed by atoms with Crippen molar-refractivity contribution in [2.24, 2.45) is 0 Å². The van der Waals surface area contributed by atoms with Gasteiger partial charge in [-0.2, -0.15) is 0 Å². The minimum atomic E-state index is -0.269. The Hall–Kier alpha value is -0.940. The number of carbonyl (C=O) groups is 2. The topological polar surface area (TPSA) is 61.4 Å². The van der Waals surface area contributed by atoms with Crippen LogP contribution in [0.3, 0.4) is 0 Å². The number of nitrogens with one attached hydrogen (secondary N) is 2. The second-order valence-corrected chi connectivity index (χ2v) is 3.46. The molecule has 0 radical (unpaired) electrons. The van der Waals surface area contributed by atoms with Gasteiger partial charge in [-0.05, 0) is 21.0 Å². The summed E-state index contributed by atoms with van der Waals surface area (Å²) < 4.78 is 0. The molecule has 0 saturated heterocycles. The van der Waals surface area contributed by atoms with E-state index in [9.17, 15) is 9.59 Å². The fourth-order valence-corrected chi connectivity index (χ4v) is 0.783. The Balaban J connectivity index is 0. The van der Waals surface area contributed by atoms with Crippen molar-refractivity contribution in [1.82, 2.24) is 15.5 Å². The van der Waals surface area contributed by atoms with Gasteiger partial charge < -0.3 is 15.0 Å². The molecule has 2 N–H and O–H groups in total. The molecule has 0 unspecified atom stereocenters. The second-order valence-electron chi connectivity index (χ2n) is 3.46. The zero-order valence-electron chi connectivity index (χ0n) is 9.04. The summed E-state index contributed by atoms with van der Waals surface area (Å²) in [6, 6.07) is -0.269. The van der Waals surface area contributed by atoms with Crippen molar-refractivity contribution < 1.29 is 11.0 Å². The Bertz CT molecular complexity index is 188. The predicted molar refractivity (Wildman–Crippen MR) is 57.2 cm³/mol. The lowest BCUT2D eigenvalue weighted by Gasteiger charge is -2.11. The molecule has 0 spiro atoms. The standard InChI is InChI=1S/C9H19N3O2.H2/c1-8(7-13)11-6-9(14)10-4-5-12(2)3;/h7-8,11H,4-6H2,1-3H3,(H,10,14);1H/t8-;/m0./s1. The molecule has 0 aliphatic carbocycles. The van der Waals surface area contributed by atoms with Gasteiger partial charge in [-0.15, -0.1) is 0 Å². The number of rotatable bonds is 7. The number of hydrogen-bond donors (Lipinski definition) is 2. The van der Waals surface area contributed by atoms with Gasteiger partial charge in [-0.25, -0.2) is 0 Å². The zero-order valence-corrected chi connectivity index (χ0v) is 9.04. The maximum Gasteiger partial charge on any atom is 0.234 e. The van der Waals surface area contributed by atoms with Crippen LogP contribution in [0.4, 0.5) is 0 Å². The molecule has 0 bridgehead atoms.